The van der Waals surface area contributed by atoms with Crippen molar-refractivity contribution in [3.05, 3.63) is 28.7 Å². The van der Waals surface area contributed by atoms with Gasteiger partial charge in [0.15, 0.2) is 0 Å². The van der Waals surface area contributed by atoms with Gasteiger partial charge in [-0.25, -0.2) is 0 Å². The molecule has 2 N–H and O–H groups in total. The first-order valence-electron chi connectivity index (χ1n) is 7.91. The highest BCUT2D eigenvalue weighted by Gasteiger charge is 2.31. The predicted octanol–water partition coefficient (Wildman–Crippen LogP) is 3.75. The Balaban J connectivity index is 1.66. The molecule has 0 bridgehead atoms. The van der Waals surface area contributed by atoms with Crippen LogP contribution in [0.2, 0.25) is 0 Å². The van der Waals surface area contributed by atoms with Gasteiger partial charge in [-0.15, -0.1) is 0 Å². The minimum Gasteiger partial charge on any atom is -0.491 e. The van der Waals surface area contributed by atoms with Crippen LogP contribution in [-0.2, 0) is 0 Å². The van der Waals surface area contributed by atoms with Crippen LogP contribution in [-0.4, -0.2) is 30.9 Å². The summed E-state index contributed by atoms with van der Waals surface area (Å²) in [4.78, 5) is 0. The first kappa shape index (κ1) is 16.8. The number of aliphatic hydroxyl groups excluding tert-OH is 1. The van der Waals surface area contributed by atoms with Gasteiger partial charge in [-0.2, -0.15) is 0 Å². The number of aliphatic hydroxyl groups is 1. The van der Waals surface area contributed by atoms with E-state index in [4.69, 9.17) is 4.74 Å². The molecule has 1 atom stereocenters. The lowest BCUT2D eigenvalue weighted by atomic mass is 9.83. The summed E-state index contributed by atoms with van der Waals surface area (Å²) in [5, 5.41) is 13.4. The summed E-state index contributed by atoms with van der Waals surface area (Å²) in [6.07, 6.45) is 6.10. The number of benzene rings is 1. The molecule has 1 aliphatic rings. The van der Waals surface area contributed by atoms with Crippen molar-refractivity contribution in [3.8, 4) is 5.75 Å². The van der Waals surface area contributed by atoms with E-state index < -0.39 is 6.10 Å². The lowest BCUT2D eigenvalue weighted by molar-refractivity contribution is 0.102. The van der Waals surface area contributed by atoms with Crippen LogP contribution in [0, 0.1) is 5.41 Å². The Bertz CT molecular complexity index is 433. The fourth-order valence-electron chi connectivity index (χ4n) is 3.09. The van der Waals surface area contributed by atoms with Gasteiger partial charge in [0.25, 0.3) is 0 Å². The first-order valence-corrected chi connectivity index (χ1v) is 8.70. The topological polar surface area (TPSA) is 41.5 Å². The first-order chi connectivity index (χ1) is 10.1. The lowest BCUT2D eigenvalue weighted by Crippen LogP contribution is -2.38. The van der Waals surface area contributed by atoms with Gasteiger partial charge in [0.05, 0.1) is 0 Å². The van der Waals surface area contributed by atoms with Gasteiger partial charge in [0.1, 0.15) is 18.5 Å². The Morgan fingerprint density at radius 1 is 1.38 bits per heavy atom. The van der Waals surface area contributed by atoms with Crippen LogP contribution < -0.4 is 10.1 Å². The van der Waals surface area contributed by atoms with E-state index in [2.05, 4.69) is 28.2 Å². The van der Waals surface area contributed by atoms with Gasteiger partial charge < -0.3 is 15.2 Å². The maximum atomic E-state index is 10.0. The summed E-state index contributed by atoms with van der Waals surface area (Å²) >= 11 is 3.41. The molecule has 0 saturated heterocycles. The monoisotopic (exact) mass is 355 g/mol. The fraction of sp³-hybridized carbons (Fsp3) is 0.647. The molecule has 118 valence electrons. The van der Waals surface area contributed by atoms with Gasteiger partial charge in [-0.3, -0.25) is 0 Å². The zero-order chi connectivity index (χ0) is 15.1. The Morgan fingerprint density at radius 2 is 2.14 bits per heavy atom. The van der Waals surface area contributed by atoms with Gasteiger partial charge in [-0.1, -0.05) is 41.8 Å². The van der Waals surface area contributed by atoms with Crippen molar-refractivity contribution >= 4 is 15.9 Å². The average Bonchev–Trinajstić information content (AvgIpc) is 2.95. The summed E-state index contributed by atoms with van der Waals surface area (Å²) in [6, 6.07) is 7.69. The molecule has 1 unspecified atom stereocenters. The largest absolute Gasteiger partial charge is 0.491 e. The third kappa shape index (κ3) is 5.28. The quantitative estimate of drug-likeness (QED) is 0.746. The minimum absolute atomic E-state index is 0.322. The molecular weight excluding hydrogens is 330 g/mol. The second-order valence-electron chi connectivity index (χ2n) is 6.11. The highest BCUT2D eigenvalue weighted by molar-refractivity contribution is 9.10. The molecule has 2 rings (SSSR count). The Kier molecular flexibility index (Phi) is 6.52. The van der Waals surface area contributed by atoms with Crippen molar-refractivity contribution in [1.29, 1.82) is 0 Å². The SMILES string of the molecule is CCC1(CNCC(O)COc2cccc(Br)c2)CCCC1. The molecule has 1 aromatic rings. The van der Waals surface area contributed by atoms with E-state index >= 15 is 0 Å². The molecule has 0 spiro atoms. The van der Waals surface area contributed by atoms with Crippen LogP contribution in [0.4, 0.5) is 0 Å². The van der Waals surface area contributed by atoms with E-state index in [1.54, 1.807) is 0 Å². The molecule has 0 amide bonds. The minimum atomic E-state index is -0.473. The summed E-state index contributed by atoms with van der Waals surface area (Å²) in [6.45, 7) is 4.20. The van der Waals surface area contributed by atoms with E-state index in [1.807, 2.05) is 24.3 Å². The van der Waals surface area contributed by atoms with Crippen LogP contribution in [0.15, 0.2) is 28.7 Å². The third-order valence-corrected chi connectivity index (χ3v) is 5.03. The van der Waals surface area contributed by atoms with E-state index in [-0.39, 0.29) is 0 Å². The molecule has 0 radical (unpaired) electrons. The van der Waals surface area contributed by atoms with Crippen LogP contribution in [0.1, 0.15) is 39.0 Å². The standard InChI is InChI=1S/C17H26BrNO2/c1-2-17(8-3-4-9-17)13-19-11-15(20)12-21-16-7-5-6-14(18)10-16/h5-7,10,15,19-20H,2-4,8-9,11-13H2,1H3. The maximum absolute atomic E-state index is 10.0. The molecule has 21 heavy (non-hydrogen) atoms. The molecule has 0 aliphatic heterocycles. The molecule has 1 fully saturated rings. The van der Waals surface area contributed by atoms with Gasteiger partial charge in [0.2, 0.25) is 0 Å². The molecule has 0 aromatic heterocycles. The predicted molar refractivity (Wildman–Crippen MR) is 89.7 cm³/mol. The van der Waals surface area contributed by atoms with E-state index in [9.17, 15) is 5.11 Å². The average molecular weight is 356 g/mol. The smallest absolute Gasteiger partial charge is 0.120 e. The normalized spacial score (nSPS) is 18.6. The Morgan fingerprint density at radius 3 is 2.81 bits per heavy atom. The lowest BCUT2D eigenvalue weighted by Gasteiger charge is -2.28. The summed E-state index contributed by atoms with van der Waals surface area (Å²) in [5.41, 5.74) is 0.463. The summed E-state index contributed by atoms with van der Waals surface area (Å²) in [7, 11) is 0. The number of rotatable bonds is 8. The summed E-state index contributed by atoms with van der Waals surface area (Å²) < 4.78 is 6.59. The van der Waals surface area contributed by atoms with Crippen LogP contribution in [0.25, 0.3) is 0 Å². The van der Waals surface area contributed by atoms with Crippen LogP contribution in [0.3, 0.4) is 0 Å². The number of hydrogen-bond acceptors (Lipinski definition) is 3. The maximum Gasteiger partial charge on any atom is 0.120 e. The fourth-order valence-corrected chi connectivity index (χ4v) is 3.47. The van der Waals surface area contributed by atoms with Gasteiger partial charge in [0, 0.05) is 17.6 Å². The van der Waals surface area contributed by atoms with Crippen molar-refractivity contribution in [2.24, 2.45) is 5.41 Å². The third-order valence-electron chi connectivity index (χ3n) is 4.53. The van der Waals surface area contributed by atoms with Crippen molar-refractivity contribution in [3.63, 3.8) is 0 Å². The van der Waals surface area contributed by atoms with Crippen molar-refractivity contribution in [2.75, 3.05) is 19.7 Å². The van der Waals surface area contributed by atoms with Crippen molar-refractivity contribution in [2.45, 2.75) is 45.1 Å². The number of halogens is 1. The highest BCUT2D eigenvalue weighted by Crippen LogP contribution is 2.40. The molecule has 1 aliphatic carbocycles. The van der Waals surface area contributed by atoms with Crippen LogP contribution >= 0.6 is 15.9 Å². The van der Waals surface area contributed by atoms with Gasteiger partial charge in [-0.05, 0) is 42.9 Å². The molecular formula is C17H26BrNO2. The Labute approximate surface area is 136 Å². The molecule has 0 heterocycles. The number of hydrogen-bond donors (Lipinski definition) is 2. The molecule has 1 saturated carbocycles. The van der Waals surface area contributed by atoms with Gasteiger partial charge >= 0.3 is 0 Å². The zero-order valence-corrected chi connectivity index (χ0v) is 14.4. The summed E-state index contributed by atoms with van der Waals surface area (Å²) in [5.74, 6) is 0.782. The molecule has 4 heteroatoms. The van der Waals surface area contributed by atoms with E-state index in [0.29, 0.717) is 18.6 Å². The zero-order valence-electron chi connectivity index (χ0n) is 12.8. The second kappa shape index (κ2) is 8.16. The number of ether oxygens (including phenoxy) is 1. The molecule has 1 aromatic carbocycles. The highest BCUT2D eigenvalue weighted by atomic mass is 79.9. The van der Waals surface area contributed by atoms with E-state index in [0.717, 1.165) is 16.8 Å². The van der Waals surface area contributed by atoms with Crippen LogP contribution in [0.5, 0.6) is 5.75 Å². The van der Waals surface area contributed by atoms with E-state index in [1.165, 1.54) is 32.1 Å². The molecule has 3 nitrogen and oxygen atoms in total. The van der Waals surface area contributed by atoms with Crippen molar-refractivity contribution in [1.82, 2.24) is 5.32 Å². The van der Waals surface area contributed by atoms with Crippen molar-refractivity contribution < 1.29 is 9.84 Å². The Hall–Kier alpha value is -0.580. The number of nitrogens with one attached hydrogen (secondary N) is 1. The second-order valence-corrected chi connectivity index (χ2v) is 7.03.